The van der Waals surface area contributed by atoms with Crippen molar-refractivity contribution < 1.29 is 18.9 Å². The zero-order valence-corrected chi connectivity index (χ0v) is 21.9. The van der Waals surface area contributed by atoms with E-state index >= 15 is 0 Å². The van der Waals surface area contributed by atoms with Crippen molar-refractivity contribution in [1.82, 2.24) is 24.8 Å². The number of nitrogens with two attached hydrogens (primary N) is 1. The summed E-state index contributed by atoms with van der Waals surface area (Å²) in [7, 11) is 0. The van der Waals surface area contributed by atoms with Crippen LogP contribution in [0.1, 0.15) is 0 Å². The number of aromatic amines is 2. The van der Waals surface area contributed by atoms with Gasteiger partial charge in [0, 0.05) is 44.7 Å². The highest BCUT2D eigenvalue weighted by Crippen LogP contribution is 2.34. The molecule has 11 nitrogen and oxygen atoms in total. The molecule has 0 saturated carbocycles. The zero-order chi connectivity index (χ0) is 26.6. The second-order valence-electron chi connectivity index (χ2n) is 9.81. The number of rotatable bonds is 9. The number of aromatic nitrogens is 3. The monoisotopic (exact) mass is 534 g/mol. The molecule has 4 heterocycles. The minimum atomic E-state index is -0.643. The third-order valence-corrected chi connectivity index (χ3v) is 7.17. The minimum absolute atomic E-state index is 0.307. The number of para-hydroxylation sites is 2. The van der Waals surface area contributed by atoms with E-state index in [4.69, 9.17) is 29.7 Å². The zero-order valence-electron chi connectivity index (χ0n) is 21.9. The molecule has 39 heavy (non-hydrogen) atoms. The number of nitrogens with one attached hydrogen (secondary N) is 2. The maximum absolute atomic E-state index is 13.4. The highest BCUT2D eigenvalue weighted by Gasteiger charge is 2.23. The SMILES string of the molecule is NC(CN1CCOCC1)Oc1c(-c2nc3c(OCCN4CCOCC4)cccc3[nH]2)c(=O)[nH]c2ccccc12. The van der Waals surface area contributed by atoms with E-state index in [0.717, 1.165) is 56.8 Å². The van der Waals surface area contributed by atoms with Gasteiger partial charge in [-0.3, -0.25) is 20.3 Å². The number of ether oxygens (including phenoxy) is 4. The Morgan fingerprint density at radius 1 is 0.923 bits per heavy atom. The summed E-state index contributed by atoms with van der Waals surface area (Å²) in [6.07, 6.45) is -0.643. The average Bonchev–Trinajstić information content (AvgIpc) is 3.39. The number of benzene rings is 2. The van der Waals surface area contributed by atoms with E-state index in [2.05, 4.69) is 19.8 Å². The third kappa shape index (κ3) is 5.77. The Bertz CT molecular complexity index is 1470. The minimum Gasteiger partial charge on any atom is -0.490 e. The molecule has 2 saturated heterocycles. The molecular weight excluding hydrogens is 500 g/mol. The van der Waals surface area contributed by atoms with Crippen LogP contribution in [0.2, 0.25) is 0 Å². The van der Waals surface area contributed by atoms with E-state index in [0.29, 0.717) is 60.3 Å². The molecule has 2 aliphatic heterocycles. The molecule has 11 heteroatoms. The van der Waals surface area contributed by atoms with Gasteiger partial charge in [0.2, 0.25) is 0 Å². The molecule has 0 amide bonds. The fourth-order valence-electron chi connectivity index (χ4n) is 5.13. The summed E-state index contributed by atoms with van der Waals surface area (Å²) in [5.41, 5.74) is 8.55. The van der Waals surface area contributed by atoms with E-state index in [1.54, 1.807) is 0 Å². The molecule has 0 spiro atoms. The van der Waals surface area contributed by atoms with Crippen LogP contribution in [0.15, 0.2) is 47.3 Å². The molecular formula is C28H34N6O5. The predicted octanol–water partition coefficient (Wildman–Crippen LogP) is 1.78. The molecule has 206 valence electrons. The normalized spacial score (nSPS) is 18.0. The summed E-state index contributed by atoms with van der Waals surface area (Å²) in [6.45, 7) is 8.08. The van der Waals surface area contributed by atoms with E-state index in [1.165, 1.54) is 0 Å². The first-order valence-corrected chi connectivity index (χ1v) is 13.4. The van der Waals surface area contributed by atoms with Gasteiger partial charge in [-0.2, -0.15) is 0 Å². The van der Waals surface area contributed by atoms with E-state index in [9.17, 15) is 4.79 Å². The lowest BCUT2D eigenvalue weighted by atomic mass is 10.1. The van der Waals surface area contributed by atoms with E-state index < -0.39 is 6.23 Å². The highest BCUT2D eigenvalue weighted by atomic mass is 16.5. The van der Waals surface area contributed by atoms with Gasteiger partial charge in [0.25, 0.3) is 5.56 Å². The van der Waals surface area contributed by atoms with Gasteiger partial charge in [0.15, 0.2) is 6.23 Å². The number of pyridine rings is 1. The molecule has 2 aromatic carbocycles. The molecule has 1 atom stereocenters. The maximum Gasteiger partial charge on any atom is 0.263 e. The van der Waals surface area contributed by atoms with Gasteiger partial charge >= 0.3 is 0 Å². The van der Waals surface area contributed by atoms with Crippen LogP contribution in [0.3, 0.4) is 0 Å². The summed E-state index contributed by atoms with van der Waals surface area (Å²) in [4.78, 5) is 29.0. The standard InChI is InChI=1S/C28H34N6O5/c29-23(18-34-10-15-37-16-11-34)39-26-19-4-1-2-5-20(19)31-28(35)24(26)27-30-21-6-3-7-22(25(21)32-27)38-17-12-33-8-13-36-14-9-33/h1-7,23H,8-18,29H2,(H,30,32)(H,31,35). The van der Waals surface area contributed by atoms with Crippen molar-refractivity contribution in [2.24, 2.45) is 5.73 Å². The van der Waals surface area contributed by atoms with Crippen LogP contribution in [0.4, 0.5) is 0 Å². The van der Waals surface area contributed by atoms with Gasteiger partial charge in [-0.15, -0.1) is 0 Å². The number of imidazole rings is 1. The molecule has 4 aromatic rings. The third-order valence-electron chi connectivity index (χ3n) is 7.17. The first-order valence-electron chi connectivity index (χ1n) is 13.4. The van der Waals surface area contributed by atoms with Crippen molar-refractivity contribution in [3.05, 3.63) is 52.8 Å². The Balaban J connectivity index is 1.31. The van der Waals surface area contributed by atoms with Crippen molar-refractivity contribution in [2.45, 2.75) is 6.23 Å². The summed E-state index contributed by atoms with van der Waals surface area (Å²) < 4.78 is 23.3. The predicted molar refractivity (Wildman–Crippen MR) is 148 cm³/mol. The number of hydrogen-bond acceptors (Lipinski definition) is 9. The van der Waals surface area contributed by atoms with Gasteiger partial charge in [0.05, 0.1) is 37.5 Å². The van der Waals surface area contributed by atoms with Crippen LogP contribution in [0, 0.1) is 0 Å². The summed E-state index contributed by atoms with van der Waals surface area (Å²) in [5, 5.41) is 0.756. The number of nitrogens with zero attached hydrogens (tertiary/aromatic N) is 3. The van der Waals surface area contributed by atoms with Crippen molar-refractivity contribution in [1.29, 1.82) is 0 Å². The van der Waals surface area contributed by atoms with Crippen LogP contribution >= 0.6 is 0 Å². The van der Waals surface area contributed by atoms with Gasteiger partial charge in [-0.05, 0) is 24.3 Å². The highest BCUT2D eigenvalue weighted by molar-refractivity contribution is 5.93. The fourth-order valence-corrected chi connectivity index (χ4v) is 5.13. The van der Waals surface area contributed by atoms with Gasteiger partial charge in [-0.25, -0.2) is 4.98 Å². The topological polar surface area (TPSA) is 131 Å². The number of H-pyrrole nitrogens is 2. The second-order valence-corrected chi connectivity index (χ2v) is 9.81. The van der Waals surface area contributed by atoms with Crippen molar-refractivity contribution in [3.63, 3.8) is 0 Å². The van der Waals surface area contributed by atoms with E-state index in [1.807, 2.05) is 42.5 Å². The maximum atomic E-state index is 13.4. The fraction of sp³-hybridized carbons (Fsp3) is 0.429. The van der Waals surface area contributed by atoms with Gasteiger partial charge in [0.1, 0.15) is 35.0 Å². The Morgan fingerprint density at radius 3 is 2.44 bits per heavy atom. The van der Waals surface area contributed by atoms with Crippen LogP contribution in [-0.2, 0) is 9.47 Å². The molecule has 6 rings (SSSR count). The first-order chi connectivity index (χ1) is 19.2. The largest absolute Gasteiger partial charge is 0.490 e. The van der Waals surface area contributed by atoms with Gasteiger partial charge < -0.3 is 28.9 Å². The Kier molecular flexibility index (Phi) is 7.75. The molecule has 0 radical (unpaired) electrons. The lowest BCUT2D eigenvalue weighted by Crippen LogP contribution is -2.46. The molecule has 1 unspecified atom stereocenters. The lowest BCUT2D eigenvalue weighted by molar-refractivity contribution is 0.0204. The Morgan fingerprint density at radius 2 is 1.64 bits per heavy atom. The molecule has 0 aliphatic carbocycles. The number of fused-ring (bicyclic) bond motifs is 2. The molecule has 4 N–H and O–H groups in total. The second kappa shape index (κ2) is 11.7. The van der Waals surface area contributed by atoms with Crippen LogP contribution < -0.4 is 20.8 Å². The van der Waals surface area contributed by atoms with E-state index in [-0.39, 0.29) is 5.56 Å². The van der Waals surface area contributed by atoms with Crippen molar-refractivity contribution in [2.75, 3.05) is 72.3 Å². The first kappa shape index (κ1) is 25.8. The number of morpholine rings is 2. The van der Waals surface area contributed by atoms with Crippen molar-refractivity contribution in [3.8, 4) is 22.9 Å². The molecule has 2 aromatic heterocycles. The molecule has 0 bridgehead atoms. The lowest BCUT2D eigenvalue weighted by Gasteiger charge is -2.29. The summed E-state index contributed by atoms with van der Waals surface area (Å²) in [6, 6.07) is 13.3. The quantitative estimate of drug-likeness (QED) is 0.275. The van der Waals surface area contributed by atoms with Crippen LogP contribution in [-0.4, -0.2) is 103 Å². The summed E-state index contributed by atoms with van der Waals surface area (Å²) in [5.74, 6) is 1.46. The van der Waals surface area contributed by atoms with Gasteiger partial charge in [-0.1, -0.05) is 18.2 Å². The van der Waals surface area contributed by atoms with Crippen LogP contribution in [0.5, 0.6) is 11.5 Å². The molecule has 2 aliphatic rings. The Hall–Kier alpha value is -3.48. The number of hydrogen-bond donors (Lipinski definition) is 3. The smallest absolute Gasteiger partial charge is 0.263 e. The average molecular weight is 535 g/mol. The van der Waals surface area contributed by atoms with Crippen molar-refractivity contribution >= 4 is 21.9 Å². The van der Waals surface area contributed by atoms with Crippen LogP contribution in [0.25, 0.3) is 33.3 Å². The Labute approximate surface area is 225 Å². The summed E-state index contributed by atoms with van der Waals surface area (Å²) >= 11 is 0. The molecule has 2 fully saturated rings.